The minimum absolute atomic E-state index is 0.133. The molecule has 0 radical (unpaired) electrons. The Morgan fingerprint density at radius 1 is 1.30 bits per heavy atom. The quantitative estimate of drug-likeness (QED) is 0.683. The Kier molecular flexibility index (Phi) is 6.78. The van der Waals surface area contributed by atoms with Crippen molar-refractivity contribution < 1.29 is 14.7 Å². The van der Waals surface area contributed by atoms with Gasteiger partial charge in [0.1, 0.15) is 6.04 Å². The summed E-state index contributed by atoms with van der Waals surface area (Å²) in [5.41, 5.74) is 0. The van der Waals surface area contributed by atoms with Gasteiger partial charge < -0.3 is 20.6 Å². The van der Waals surface area contributed by atoms with Crippen LogP contribution in [0, 0.1) is 11.8 Å². The van der Waals surface area contributed by atoms with Crippen LogP contribution in [-0.2, 0) is 4.79 Å². The number of carbonyl (C=O) groups is 2. The molecule has 1 saturated heterocycles. The highest BCUT2D eigenvalue weighted by Gasteiger charge is 2.24. The molecule has 1 heterocycles. The smallest absolute Gasteiger partial charge is 0.326 e. The molecule has 1 aliphatic rings. The highest BCUT2D eigenvalue weighted by atomic mass is 16.4. The molecule has 20 heavy (non-hydrogen) atoms. The number of rotatable bonds is 6. The number of piperidine rings is 1. The van der Waals surface area contributed by atoms with Gasteiger partial charge in [-0.25, -0.2) is 9.59 Å². The van der Waals surface area contributed by atoms with Gasteiger partial charge in [0.15, 0.2) is 0 Å². The van der Waals surface area contributed by atoms with Crippen LogP contribution in [0.4, 0.5) is 4.79 Å². The second-order valence-corrected chi connectivity index (χ2v) is 5.79. The topological polar surface area (TPSA) is 81.7 Å². The molecule has 1 aliphatic heterocycles. The van der Waals surface area contributed by atoms with Gasteiger partial charge in [0, 0.05) is 6.54 Å². The van der Waals surface area contributed by atoms with Gasteiger partial charge in [0.05, 0.1) is 0 Å². The molecule has 1 fully saturated rings. The van der Waals surface area contributed by atoms with Crippen LogP contribution < -0.4 is 10.6 Å². The molecular formula is C14H27N3O3. The average molecular weight is 285 g/mol. The van der Waals surface area contributed by atoms with Crippen LogP contribution in [0.1, 0.15) is 33.6 Å². The van der Waals surface area contributed by atoms with Crippen molar-refractivity contribution in [1.82, 2.24) is 15.5 Å². The lowest BCUT2D eigenvalue weighted by Gasteiger charge is -2.31. The van der Waals surface area contributed by atoms with E-state index >= 15 is 0 Å². The lowest BCUT2D eigenvalue weighted by molar-refractivity contribution is -0.140. The fraction of sp³-hybridized carbons (Fsp3) is 0.857. The summed E-state index contributed by atoms with van der Waals surface area (Å²) >= 11 is 0. The SMILES string of the molecule is CCN1CCC(CNC(=O)NC(C(=O)O)C(C)C)CC1. The molecule has 0 bridgehead atoms. The van der Waals surface area contributed by atoms with Crippen molar-refractivity contribution >= 4 is 12.0 Å². The normalized spacial score (nSPS) is 18.8. The molecule has 2 amide bonds. The number of carboxylic acid groups (broad SMARTS) is 1. The molecule has 3 N–H and O–H groups in total. The number of urea groups is 1. The lowest BCUT2D eigenvalue weighted by Crippen LogP contribution is -2.50. The van der Waals surface area contributed by atoms with E-state index < -0.39 is 12.0 Å². The summed E-state index contributed by atoms with van der Waals surface area (Å²) in [6.45, 7) is 9.56. The highest BCUT2D eigenvalue weighted by Crippen LogP contribution is 2.15. The molecule has 1 unspecified atom stereocenters. The maximum absolute atomic E-state index is 11.7. The van der Waals surface area contributed by atoms with Crippen molar-refractivity contribution in [3.8, 4) is 0 Å². The number of likely N-dealkylation sites (tertiary alicyclic amines) is 1. The zero-order valence-electron chi connectivity index (χ0n) is 12.7. The van der Waals surface area contributed by atoms with Gasteiger partial charge in [-0.05, 0) is 44.3 Å². The first kappa shape index (κ1) is 16.8. The summed E-state index contributed by atoms with van der Waals surface area (Å²) in [7, 11) is 0. The standard InChI is InChI=1S/C14H27N3O3/c1-4-17-7-5-11(6-8-17)9-15-14(20)16-12(10(2)3)13(18)19/h10-12H,4-9H2,1-3H3,(H,18,19)(H2,15,16,20). The number of carboxylic acids is 1. The zero-order chi connectivity index (χ0) is 15.1. The molecule has 6 nitrogen and oxygen atoms in total. The molecule has 1 atom stereocenters. The summed E-state index contributed by atoms with van der Waals surface area (Å²) < 4.78 is 0. The largest absolute Gasteiger partial charge is 0.480 e. The van der Waals surface area contributed by atoms with E-state index in [9.17, 15) is 9.59 Å². The van der Waals surface area contributed by atoms with Gasteiger partial charge >= 0.3 is 12.0 Å². The Balaban J connectivity index is 2.28. The minimum Gasteiger partial charge on any atom is -0.480 e. The predicted molar refractivity (Wildman–Crippen MR) is 77.6 cm³/mol. The van der Waals surface area contributed by atoms with Crippen molar-refractivity contribution in [3.63, 3.8) is 0 Å². The number of carbonyl (C=O) groups excluding carboxylic acids is 1. The second kappa shape index (κ2) is 8.09. The van der Waals surface area contributed by atoms with Crippen LogP contribution >= 0.6 is 0 Å². The Labute approximate surface area is 120 Å². The summed E-state index contributed by atoms with van der Waals surface area (Å²) in [6.07, 6.45) is 2.17. The van der Waals surface area contributed by atoms with Gasteiger partial charge in [-0.2, -0.15) is 0 Å². The fourth-order valence-electron chi connectivity index (χ4n) is 2.45. The van der Waals surface area contributed by atoms with E-state index in [1.165, 1.54) is 0 Å². The van der Waals surface area contributed by atoms with Gasteiger partial charge in [0.2, 0.25) is 0 Å². The first-order chi connectivity index (χ1) is 9.43. The lowest BCUT2D eigenvalue weighted by atomic mass is 9.97. The number of nitrogens with one attached hydrogen (secondary N) is 2. The van der Waals surface area contributed by atoms with Crippen LogP contribution in [0.5, 0.6) is 0 Å². The highest BCUT2D eigenvalue weighted by molar-refractivity contribution is 5.82. The third kappa shape index (κ3) is 5.36. The van der Waals surface area contributed by atoms with E-state index in [4.69, 9.17) is 5.11 Å². The molecule has 0 aromatic carbocycles. The van der Waals surface area contributed by atoms with E-state index in [0.29, 0.717) is 12.5 Å². The van der Waals surface area contributed by atoms with Crippen LogP contribution in [-0.4, -0.2) is 54.2 Å². The molecule has 0 aromatic heterocycles. The molecule has 0 spiro atoms. The van der Waals surface area contributed by atoms with Gasteiger partial charge in [-0.1, -0.05) is 20.8 Å². The molecule has 6 heteroatoms. The third-order valence-corrected chi connectivity index (χ3v) is 3.92. The molecular weight excluding hydrogens is 258 g/mol. The van der Waals surface area contributed by atoms with Crippen LogP contribution in [0.3, 0.4) is 0 Å². The minimum atomic E-state index is -0.994. The molecule has 0 aliphatic carbocycles. The first-order valence-corrected chi connectivity index (χ1v) is 7.43. The molecule has 0 aromatic rings. The maximum atomic E-state index is 11.7. The van der Waals surface area contributed by atoms with Crippen LogP contribution in [0.15, 0.2) is 0 Å². The molecule has 0 saturated carbocycles. The summed E-state index contributed by atoms with van der Waals surface area (Å²) in [6, 6.07) is -1.22. The predicted octanol–water partition coefficient (Wildman–Crippen LogP) is 1.13. The van der Waals surface area contributed by atoms with E-state index in [2.05, 4.69) is 22.5 Å². The fourth-order valence-corrected chi connectivity index (χ4v) is 2.45. The van der Waals surface area contributed by atoms with Crippen molar-refractivity contribution in [2.24, 2.45) is 11.8 Å². The number of hydrogen-bond acceptors (Lipinski definition) is 3. The Bertz CT molecular complexity index is 326. The Morgan fingerprint density at radius 3 is 2.35 bits per heavy atom. The van der Waals surface area contributed by atoms with Crippen LogP contribution in [0.2, 0.25) is 0 Å². The number of hydrogen-bond donors (Lipinski definition) is 3. The summed E-state index contributed by atoms with van der Waals surface area (Å²) in [5, 5.41) is 14.3. The molecule has 116 valence electrons. The number of nitrogens with zero attached hydrogens (tertiary/aromatic N) is 1. The van der Waals surface area contributed by atoms with Gasteiger partial charge in [-0.15, -0.1) is 0 Å². The number of aliphatic carboxylic acids is 1. The summed E-state index contributed by atoms with van der Waals surface area (Å²) in [5.74, 6) is -0.636. The van der Waals surface area contributed by atoms with E-state index in [1.54, 1.807) is 13.8 Å². The monoisotopic (exact) mass is 285 g/mol. The number of amides is 2. The zero-order valence-corrected chi connectivity index (χ0v) is 12.7. The summed E-state index contributed by atoms with van der Waals surface area (Å²) in [4.78, 5) is 25.1. The van der Waals surface area contributed by atoms with Crippen LogP contribution in [0.25, 0.3) is 0 Å². The van der Waals surface area contributed by atoms with Crippen molar-refractivity contribution in [3.05, 3.63) is 0 Å². The van der Waals surface area contributed by atoms with E-state index in [0.717, 1.165) is 32.5 Å². The van der Waals surface area contributed by atoms with Crippen molar-refractivity contribution in [1.29, 1.82) is 0 Å². The average Bonchev–Trinajstić information content (AvgIpc) is 2.42. The van der Waals surface area contributed by atoms with E-state index in [1.807, 2.05) is 0 Å². The molecule has 1 rings (SSSR count). The first-order valence-electron chi connectivity index (χ1n) is 7.43. The second-order valence-electron chi connectivity index (χ2n) is 5.79. The maximum Gasteiger partial charge on any atom is 0.326 e. The van der Waals surface area contributed by atoms with Gasteiger partial charge in [0.25, 0.3) is 0 Å². The van der Waals surface area contributed by atoms with Crippen molar-refractivity contribution in [2.75, 3.05) is 26.2 Å². The Hall–Kier alpha value is -1.30. The van der Waals surface area contributed by atoms with Gasteiger partial charge in [-0.3, -0.25) is 0 Å². The van der Waals surface area contributed by atoms with E-state index in [-0.39, 0.29) is 11.9 Å². The Morgan fingerprint density at radius 2 is 1.90 bits per heavy atom. The third-order valence-electron chi connectivity index (χ3n) is 3.92. The van der Waals surface area contributed by atoms with Crippen molar-refractivity contribution in [2.45, 2.75) is 39.7 Å².